The molecule has 0 saturated carbocycles. The SMILES string of the molecule is CCCCCCCC[N+]1=C(/C=C2/C(=O)C(C=C3N(CC)c4ccc5ccccc5c4C3(C)C)=C2O)C(C)(C)c2cc(C(=O)O)ccc21. The van der Waals surface area contributed by atoms with Crippen LogP contribution >= 0.6 is 0 Å². The zero-order valence-electron chi connectivity index (χ0n) is 28.6. The van der Waals surface area contributed by atoms with Gasteiger partial charge < -0.3 is 15.1 Å². The minimum atomic E-state index is -0.962. The molecule has 0 aromatic heterocycles. The number of hydrogen-bond acceptors (Lipinski definition) is 4. The lowest BCUT2D eigenvalue weighted by Crippen LogP contribution is -2.32. The van der Waals surface area contributed by atoms with Gasteiger partial charge in [-0.25, -0.2) is 4.79 Å². The molecule has 0 spiro atoms. The predicted octanol–water partition coefficient (Wildman–Crippen LogP) is 9.30. The summed E-state index contributed by atoms with van der Waals surface area (Å²) in [6.07, 6.45) is 10.7. The number of carbonyl (C=O) groups excluding carboxylic acids is 1. The fraction of sp³-hybridized carbons (Fsp3) is 0.390. The number of carboxylic acid groups (broad SMARTS) is 1. The van der Waals surface area contributed by atoms with Crippen molar-refractivity contribution in [1.82, 2.24) is 0 Å². The van der Waals surface area contributed by atoms with Gasteiger partial charge in [0, 0.05) is 47.5 Å². The molecule has 3 aromatic carbocycles. The number of carbonyl (C=O) groups is 2. The predicted molar refractivity (Wildman–Crippen MR) is 190 cm³/mol. The van der Waals surface area contributed by atoms with E-state index in [1.165, 1.54) is 42.0 Å². The van der Waals surface area contributed by atoms with Gasteiger partial charge in [-0.2, -0.15) is 4.58 Å². The second kappa shape index (κ2) is 12.3. The molecule has 6 heteroatoms. The number of rotatable bonds is 11. The van der Waals surface area contributed by atoms with Gasteiger partial charge in [0.05, 0.1) is 22.1 Å². The summed E-state index contributed by atoms with van der Waals surface area (Å²) in [5.41, 5.74) is 6.11. The van der Waals surface area contributed by atoms with Crippen LogP contribution in [0.25, 0.3) is 10.8 Å². The molecule has 1 aliphatic carbocycles. The summed E-state index contributed by atoms with van der Waals surface area (Å²) in [4.78, 5) is 28.0. The lowest BCUT2D eigenvalue weighted by molar-refractivity contribution is -0.438. The minimum absolute atomic E-state index is 0.0140. The third-order valence-corrected chi connectivity index (χ3v) is 10.5. The van der Waals surface area contributed by atoms with Crippen LogP contribution in [0.1, 0.15) is 102 Å². The molecule has 244 valence electrons. The van der Waals surface area contributed by atoms with Gasteiger partial charge in [0.15, 0.2) is 5.71 Å². The first-order chi connectivity index (χ1) is 22.4. The van der Waals surface area contributed by atoms with Gasteiger partial charge in [-0.05, 0) is 67.8 Å². The normalized spacial score (nSPS) is 19.6. The van der Waals surface area contributed by atoms with Crippen LogP contribution in [0.5, 0.6) is 0 Å². The molecule has 0 radical (unpaired) electrons. The van der Waals surface area contributed by atoms with E-state index >= 15 is 0 Å². The van der Waals surface area contributed by atoms with Crippen molar-refractivity contribution in [3.05, 3.63) is 106 Å². The molecule has 6 rings (SSSR count). The molecule has 0 atom stereocenters. The van der Waals surface area contributed by atoms with Crippen LogP contribution < -0.4 is 4.90 Å². The van der Waals surface area contributed by atoms with Crippen molar-refractivity contribution >= 4 is 39.6 Å². The molecule has 47 heavy (non-hydrogen) atoms. The van der Waals surface area contributed by atoms with E-state index in [1.54, 1.807) is 12.1 Å². The van der Waals surface area contributed by atoms with Crippen molar-refractivity contribution in [3.8, 4) is 0 Å². The Morgan fingerprint density at radius 3 is 2.32 bits per heavy atom. The average Bonchev–Trinajstić information content (AvgIpc) is 3.41. The number of nitrogens with zero attached hydrogens (tertiary/aromatic N) is 2. The Labute approximate surface area is 278 Å². The number of carboxylic acids is 1. The molecule has 0 bridgehead atoms. The zero-order chi connectivity index (χ0) is 33.7. The van der Waals surface area contributed by atoms with Gasteiger partial charge in [0.2, 0.25) is 11.5 Å². The number of unbranched alkanes of at least 4 members (excludes halogenated alkanes) is 5. The van der Waals surface area contributed by atoms with Gasteiger partial charge in [-0.1, -0.05) is 76.8 Å². The highest BCUT2D eigenvalue weighted by atomic mass is 16.4. The second-order valence-corrected chi connectivity index (χ2v) is 14.2. The number of hydrogen-bond donors (Lipinski definition) is 2. The number of likely N-dealkylation sites (N-methyl/N-ethyl adjacent to an activating group) is 1. The fourth-order valence-corrected chi connectivity index (χ4v) is 7.88. The van der Waals surface area contributed by atoms with Crippen LogP contribution in [-0.4, -0.2) is 45.3 Å². The molecule has 2 N–H and O–H groups in total. The highest BCUT2D eigenvalue weighted by molar-refractivity contribution is 6.24. The van der Waals surface area contributed by atoms with Crippen molar-refractivity contribution in [3.63, 3.8) is 0 Å². The topological polar surface area (TPSA) is 80.8 Å². The largest absolute Gasteiger partial charge is 0.506 e. The Balaban J connectivity index is 1.39. The van der Waals surface area contributed by atoms with Crippen molar-refractivity contribution in [1.29, 1.82) is 0 Å². The summed E-state index contributed by atoms with van der Waals surface area (Å²) in [5.74, 6) is -1.12. The van der Waals surface area contributed by atoms with Gasteiger partial charge in [0.25, 0.3) is 0 Å². The Hall–Kier alpha value is -4.45. The Morgan fingerprint density at radius 2 is 1.62 bits per heavy atom. The molecule has 0 saturated heterocycles. The first kappa shape index (κ1) is 32.5. The van der Waals surface area contributed by atoms with Gasteiger partial charge in [0.1, 0.15) is 12.3 Å². The molecule has 0 unspecified atom stereocenters. The first-order valence-electron chi connectivity index (χ1n) is 17.2. The monoisotopic (exact) mass is 631 g/mol. The number of aliphatic hydroxyl groups is 1. The molecule has 0 amide bonds. The number of allylic oxidation sites excluding steroid dienone is 5. The van der Waals surface area contributed by atoms with Crippen LogP contribution in [0.3, 0.4) is 0 Å². The third-order valence-electron chi connectivity index (χ3n) is 10.5. The fourth-order valence-electron chi connectivity index (χ4n) is 7.88. The second-order valence-electron chi connectivity index (χ2n) is 14.2. The van der Waals surface area contributed by atoms with Crippen LogP contribution in [-0.2, 0) is 15.6 Å². The Morgan fingerprint density at radius 1 is 0.894 bits per heavy atom. The Kier molecular flexibility index (Phi) is 8.50. The maximum absolute atomic E-state index is 13.9. The van der Waals surface area contributed by atoms with E-state index in [0.29, 0.717) is 11.1 Å². The lowest BCUT2D eigenvalue weighted by Gasteiger charge is -2.28. The first-order valence-corrected chi connectivity index (χ1v) is 17.2. The average molecular weight is 632 g/mol. The van der Waals surface area contributed by atoms with Gasteiger partial charge >= 0.3 is 5.97 Å². The summed E-state index contributed by atoms with van der Waals surface area (Å²) in [6, 6.07) is 18.0. The summed E-state index contributed by atoms with van der Waals surface area (Å²) in [7, 11) is 0. The highest BCUT2D eigenvalue weighted by Gasteiger charge is 2.47. The molecule has 3 aliphatic rings. The number of benzene rings is 3. The number of anilines is 1. The molecule has 6 nitrogen and oxygen atoms in total. The summed E-state index contributed by atoms with van der Waals surface area (Å²) < 4.78 is 2.23. The van der Waals surface area contributed by atoms with Crippen LogP contribution in [0, 0.1) is 0 Å². The quantitative estimate of drug-likeness (QED) is 0.125. The van der Waals surface area contributed by atoms with Crippen molar-refractivity contribution < 1.29 is 24.4 Å². The van der Waals surface area contributed by atoms with E-state index in [2.05, 4.69) is 87.4 Å². The molecule has 0 fully saturated rings. The van der Waals surface area contributed by atoms with Crippen molar-refractivity contribution in [2.75, 3.05) is 18.0 Å². The van der Waals surface area contributed by atoms with Crippen LogP contribution in [0.2, 0.25) is 0 Å². The van der Waals surface area contributed by atoms with Crippen molar-refractivity contribution in [2.24, 2.45) is 0 Å². The number of fused-ring (bicyclic) bond motifs is 4. The number of aromatic carboxylic acids is 1. The van der Waals surface area contributed by atoms with E-state index < -0.39 is 11.4 Å². The molecule has 3 aromatic rings. The van der Waals surface area contributed by atoms with Gasteiger partial charge in [-0.15, -0.1) is 0 Å². The van der Waals surface area contributed by atoms with E-state index in [0.717, 1.165) is 54.3 Å². The molecular formula is C41H47N2O4+. The van der Waals surface area contributed by atoms with Crippen molar-refractivity contribution in [2.45, 2.75) is 90.9 Å². The van der Waals surface area contributed by atoms with E-state index in [4.69, 9.17) is 0 Å². The van der Waals surface area contributed by atoms with Crippen LogP contribution in [0.4, 0.5) is 11.4 Å². The van der Waals surface area contributed by atoms with E-state index in [9.17, 15) is 19.8 Å². The maximum Gasteiger partial charge on any atom is 0.335 e. The van der Waals surface area contributed by atoms with Crippen LogP contribution in [0.15, 0.2) is 89.4 Å². The summed E-state index contributed by atoms with van der Waals surface area (Å²) >= 11 is 0. The minimum Gasteiger partial charge on any atom is -0.506 e. The maximum atomic E-state index is 13.9. The number of Topliss-reactive ketones (excluding diaryl/α,β-unsaturated/α-hetero) is 1. The summed E-state index contributed by atoms with van der Waals surface area (Å²) in [6.45, 7) is 14.3. The number of aliphatic hydroxyl groups excluding tert-OH is 1. The molecule has 2 aliphatic heterocycles. The lowest BCUT2D eigenvalue weighted by atomic mass is 9.77. The van der Waals surface area contributed by atoms with E-state index in [-0.39, 0.29) is 22.5 Å². The van der Waals surface area contributed by atoms with Gasteiger partial charge in [-0.3, -0.25) is 4.79 Å². The zero-order valence-corrected chi connectivity index (χ0v) is 28.6. The molecule has 2 heterocycles. The Bertz CT molecular complexity index is 1920. The third kappa shape index (κ3) is 5.32. The number of ketones is 1. The molecular weight excluding hydrogens is 584 g/mol. The van der Waals surface area contributed by atoms with E-state index in [1.807, 2.05) is 18.2 Å². The highest BCUT2D eigenvalue weighted by Crippen LogP contribution is 2.51. The summed E-state index contributed by atoms with van der Waals surface area (Å²) in [5, 5.41) is 23.6. The standard InChI is InChI=1S/C41H46N2O4/c1-7-9-10-11-12-15-22-43-32-20-19-27(39(46)47)23-31(32)40(3,4)34(43)24-29-37(44)30(38(29)45)25-35-41(5,6)36-28-17-14-13-16-26(28)18-21-33(36)42(35)8-2/h13-14,16-21,23-25H,7-12,15,22H2,1-6H3,(H-,44,45,46,47)/p+1. The smallest absolute Gasteiger partial charge is 0.335 e.